The number of aromatic nitrogens is 1. The normalized spacial score (nSPS) is 14.5. The molecule has 0 saturated heterocycles. The van der Waals surface area contributed by atoms with Gasteiger partial charge in [0.25, 0.3) is 6.47 Å². The molecule has 3 rings (SSSR count). The molecule has 1 N–H and O–H groups in total. The Labute approximate surface area is 134 Å². The third-order valence-corrected chi connectivity index (χ3v) is 5.30. The first kappa shape index (κ1) is 17.2. The fourth-order valence-electron chi connectivity index (χ4n) is 2.30. The number of rotatable bonds is 3. The van der Waals surface area contributed by atoms with Crippen molar-refractivity contribution in [2.24, 2.45) is 0 Å². The molecule has 1 aromatic heterocycles. The van der Waals surface area contributed by atoms with E-state index < -0.39 is 10.0 Å². The molecule has 8 heteroatoms. The van der Waals surface area contributed by atoms with E-state index in [1.54, 1.807) is 6.92 Å². The summed E-state index contributed by atoms with van der Waals surface area (Å²) in [5.41, 5.74) is 1.64. The number of fused-ring (bicyclic) bond motifs is 1. The van der Waals surface area contributed by atoms with Crippen LogP contribution in [0.15, 0.2) is 34.7 Å². The molecule has 1 aliphatic rings. The zero-order valence-electron chi connectivity index (χ0n) is 12.7. The van der Waals surface area contributed by atoms with E-state index in [4.69, 9.17) is 14.3 Å². The second-order valence-electron chi connectivity index (χ2n) is 4.84. The molecule has 1 aromatic carbocycles. The van der Waals surface area contributed by atoms with Crippen LogP contribution in [0, 0.1) is 0 Å². The lowest BCUT2D eigenvalue weighted by Crippen LogP contribution is -2.36. The van der Waals surface area contributed by atoms with E-state index in [1.807, 2.05) is 30.3 Å². The van der Waals surface area contributed by atoms with Gasteiger partial charge < -0.3 is 9.52 Å². The molecule has 7 nitrogen and oxygen atoms in total. The Morgan fingerprint density at radius 2 is 2.00 bits per heavy atom. The summed E-state index contributed by atoms with van der Waals surface area (Å²) in [6.45, 7) is 2.18. The Morgan fingerprint density at radius 3 is 2.61 bits per heavy atom. The Hall–Kier alpha value is -2.19. The van der Waals surface area contributed by atoms with Crippen molar-refractivity contribution >= 4 is 16.5 Å². The second kappa shape index (κ2) is 7.38. The highest BCUT2D eigenvalue weighted by Crippen LogP contribution is 2.27. The number of carboxylic acid groups (broad SMARTS) is 1. The average molecular weight is 338 g/mol. The molecule has 0 saturated carbocycles. The van der Waals surface area contributed by atoms with Crippen LogP contribution in [0.25, 0.3) is 11.5 Å². The fourth-order valence-corrected chi connectivity index (χ4v) is 3.35. The number of nitrogens with zero attached hydrogens (tertiary/aromatic N) is 2. The van der Waals surface area contributed by atoms with Crippen LogP contribution in [-0.4, -0.2) is 41.6 Å². The van der Waals surface area contributed by atoms with Crippen LogP contribution >= 0.6 is 0 Å². The largest absolute Gasteiger partial charge is 0.483 e. The van der Waals surface area contributed by atoms with Gasteiger partial charge in [-0.05, 0) is 19.1 Å². The molecule has 0 radical (unpaired) electrons. The molecule has 2 aromatic rings. The van der Waals surface area contributed by atoms with Gasteiger partial charge in [-0.2, -0.15) is 4.31 Å². The molecular weight excluding hydrogens is 320 g/mol. The van der Waals surface area contributed by atoms with Crippen LogP contribution in [0.5, 0.6) is 0 Å². The van der Waals surface area contributed by atoms with Gasteiger partial charge in [0, 0.05) is 18.5 Å². The lowest BCUT2D eigenvalue weighted by Gasteiger charge is -2.23. The highest BCUT2D eigenvalue weighted by atomic mass is 32.2. The standard InChI is InChI=1S/C14H16N2O3S.CH2O2/c1-2-20(17,18)16-9-8-13-12(10-16)15-14(19-13)11-6-4-3-5-7-11;2-1-3/h3-7H,2,8-10H2,1H3;1H,(H,2,3). The van der Waals surface area contributed by atoms with E-state index in [0.29, 0.717) is 25.4 Å². The lowest BCUT2D eigenvalue weighted by molar-refractivity contribution is -0.122. The van der Waals surface area contributed by atoms with Gasteiger partial charge in [0.15, 0.2) is 0 Å². The minimum Gasteiger partial charge on any atom is -0.483 e. The van der Waals surface area contributed by atoms with Crippen molar-refractivity contribution in [1.29, 1.82) is 0 Å². The Bertz CT molecular complexity index is 755. The van der Waals surface area contributed by atoms with E-state index in [2.05, 4.69) is 4.98 Å². The third kappa shape index (κ3) is 3.96. The molecule has 0 bridgehead atoms. The van der Waals surface area contributed by atoms with E-state index in [9.17, 15) is 8.42 Å². The quantitative estimate of drug-likeness (QED) is 0.856. The molecule has 0 amide bonds. The lowest BCUT2D eigenvalue weighted by atomic mass is 10.2. The van der Waals surface area contributed by atoms with E-state index in [-0.39, 0.29) is 12.2 Å². The van der Waals surface area contributed by atoms with E-state index in [0.717, 1.165) is 17.0 Å². The minimum atomic E-state index is -3.17. The first-order valence-corrected chi connectivity index (χ1v) is 8.72. The summed E-state index contributed by atoms with van der Waals surface area (Å²) in [6, 6.07) is 9.64. The summed E-state index contributed by atoms with van der Waals surface area (Å²) in [6.07, 6.45) is 0.578. The van der Waals surface area contributed by atoms with Crippen molar-refractivity contribution in [3.8, 4) is 11.5 Å². The van der Waals surface area contributed by atoms with Crippen LogP contribution in [-0.2, 0) is 27.8 Å². The van der Waals surface area contributed by atoms with Crippen LogP contribution < -0.4 is 0 Å². The van der Waals surface area contributed by atoms with Gasteiger partial charge in [-0.1, -0.05) is 18.2 Å². The Balaban J connectivity index is 0.000000595. The third-order valence-electron chi connectivity index (χ3n) is 3.47. The van der Waals surface area contributed by atoms with Crippen molar-refractivity contribution < 1.29 is 22.7 Å². The molecule has 124 valence electrons. The van der Waals surface area contributed by atoms with Crippen molar-refractivity contribution in [3.05, 3.63) is 41.8 Å². The predicted octanol–water partition coefficient (Wildman–Crippen LogP) is 1.75. The van der Waals surface area contributed by atoms with Crippen molar-refractivity contribution in [2.45, 2.75) is 19.9 Å². The van der Waals surface area contributed by atoms with Gasteiger partial charge in [0.2, 0.25) is 15.9 Å². The van der Waals surface area contributed by atoms with E-state index >= 15 is 0 Å². The topological polar surface area (TPSA) is 101 Å². The predicted molar refractivity (Wildman–Crippen MR) is 84.2 cm³/mol. The summed E-state index contributed by atoms with van der Waals surface area (Å²) in [4.78, 5) is 12.8. The average Bonchev–Trinajstić information content (AvgIpc) is 2.99. The summed E-state index contributed by atoms with van der Waals surface area (Å²) in [7, 11) is -3.17. The van der Waals surface area contributed by atoms with Crippen LogP contribution in [0.4, 0.5) is 0 Å². The van der Waals surface area contributed by atoms with Gasteiger partial charge in [-0.25, -0.2) is 13.4 Å². The van der Waals surface area contributed by atoms with E-state index in [1.165, 1.54) is 4.31 Å². The first-order valence-electron chi connectivity index (χ1n) is 7.11. The number of hydrogen-bond donors (Lipinski definition) is 1. The van der Waals surface area contributed by atoms with Crippen LogP contribution in [0.3, 0.4) is 0 Å². The number of carbonyl (C=O) groups is 1. The maximum atomic E-state index is 11.9. The molecule has 0 unspecified atom stereocenters. The first-order chi connectivity index (χ1) is 11.0. The molecule has 0 aliphatic carbocycles. The highest BCUT2D eigenvalue weighted by Gasteiger charge is 2.29. The van der Waals surface area contributed by atoms with Crippen LogP contribution in [0.1, 0.15) is 18.4 Å². The van der Waals surface area contributed by atoms with Gasteiger partial charge in [0.1, 0.15) is 5.76 Å². The number of oxazole rings is 1. The molecule has 2 heterocycles. The molecular formula is C15H18N2O5S. The van der Waals surface area contributed by atoms with Crippen molar-refractivity contribution in [2.75, 3.05) is 12.3 Å². The Kier molecular flexibility index (Phi) is 5.51. The summed E-state index contributed by atoms with van der Waals surface area (Å²) < 4.78 is 31.0. The van der Waals surface area contributed by atoms with Gasteiger partial charge in [0.05, 0.1) is 18.0 Å². The fraction of sp³-hybridized carbons (Fsp3) is 0.333. The molecule has 0 atom stereocenters. The Morgan fingerprint density at radius 1 is 1.35 bits per heavy atom. The van der Waals surface area contributed by atoms with Gasteiger partial charge >= 0.3 is 0 Å². The monoisotopic (exact) mass is 338 g/mol. The molecule has 1 aliphatic heterocycles. The summed E-state index contributed by atoms with van der Waals surface area (Å²) >= 11 is 0. The van der Waals surface area contributed by atoms with Crippen molar-refractivity contribution in [3.63, 3.8) is 0 Å². The minimum absolute atomic E-state index is 0.117. The SMILES string of the molecule is CCS(=O)(=O)N1CCc2oc(-c3ccccc3)nc2C1.O=CO. The smallest absolute Gasteiger partial charge is 0.290 e. The summed E-state index contributed by atoms with van der Waals surface area (Å²) in [5.74, 6) is 1.48. The molecule has 0 spiro atoms. The van der Waals surface area contributed by atoms with Crippen LogP contribution in [0.2, 0.25) is 0 Å². The van der Waals surface area contributed by atoms with Crippen molar-refractivity contribution in [1.82, 2.24) is 9.29 Å². The zero-order chi connectivity index (χ0) is 16.9. The number of sulfonamides is 1. The molecule has 0 fully saturated rings. The molecule has 23 heavy (non-hydrogen) atoms. The number of hydrogen-bond acceptors (Lipinski definition) is 5. The van der Waals surface area contributed by atoms with Gasteiger partial charge in [-0.3, -0.25) is 4.79 Å². The maximum absolute atomic E-state index is 11.9. The maximum Gasteiger partial charge on any atom is 0.290 e. The second-order valence-corrected chi connectivity index (χ2v) is 7.10. The summed E-state index contributed by atoms with van der Waals surface area (Å²) in [5, 5.41) is 6.89. The van der Waals surface area contributed by atoms with Gasteiger partial charge in [-0.15, -0.1) is 0 Å². The zero-order valence-corrected chi connectivity index (χ0v) is 13.5. The number of benzene rings is 1. The highest BCUT2D eigenvalue weighted by molar-refractivity contribution is 7.89.